The van der Waals surface area contributed by atoms with Crippen LogP contribution >= 0.6 is 0 Å². The lowest BCUT2D eigenvalue weighted by Crippen LogP contribution is -2.35. The minimum atomic E-state index is -1.07. The first-order valence-electron chi connectivity index (χ1n) is 5.83. The van der Waals surface area contributed by atoms with Crippen LogP contribution in [0.3, 0.4) is 0 Å². The lowest BCUT2D eigenvalue weighted by atomic mass is 10.1. The predicted molar refractivity (Wildman–Crippen MR) is 63.3 cm³/mol. The van der Waals surface area contributed by atoms with E-state index in [1.165, 1.54) is 5.01 Å². The van der Waals surface area contributed by atoms with Crippen molar-refractivity contribution in [2.75, 3.05) is 33.5 Å². The number of carbonyl (C=O) groups is 2. The largest absolute Gasteiger partial charge is 0.477 e. The molecule has 1 rings (SSSR count). The zero-order valence-electron chi connectivity index (χ0n) is 10.4. The van der Waals surface area contributed by atoms with Gasteiger partial charge in [-0.15, -0.1) is 0 Å². The molecule has 0 aromatic carbocycles. The summed E-state index contributed by atoms with van der Waals surface area (Å²) in [4.78, 5) is 22.2. The topological polar surface area (TPSA) is 88.4 Å². The van der Waals surface area contributed by atoms with Crippen molar-refractivity contribution in [3.63, 3.8) is 0 Å². The highest BCUT2D eigenvalue weighted by atomic mass is 16.5. The third-order valence-corrected chi connectivity index (χ3v) is 2.44. The Labute approximate surface area is 105 Å². The quantitative estimate of drug-likeness (QED) is 0.624. The van der Waals surface area contributed by atoms with Gasteiger partial charge in [0.05, 0.1) is 13.2 Å². The van der Waals surface area contributed by atoms with Crippen molar-refractivity contribution in [3.05, 3.63) is 0 Å². The van der Waals surface area contributed by atoms with Gasteiger partial charge in [0, 0.05) is 33.1 Å². The highest BCUT2D eigenvalue weighted by Gasteiger charge is 2.23. The van der Waals surface area contributed by atoms with Crippen LogP contribution < -0.4 is 0 Å². The van der Waals surface area contributed by atoms with Gasteiger partial charge in [-0.2, -0.15) is 5.10 Å². The maximum Gasteiger partial charge on any atom is 0.352 e. The SMILES string of the molecule is COCCOCCCN1N=C(C(=O)O)CCC1=O. The summed E-state index contributed by atoms with van der Waals surface area (Å²) in [6.45, 7) is 1.91. The van der Waals surface area contributed by atoms with Gasteiger partial charge in [0.2, 0.25) is 5.91 Å². The Hall–Kier alpha value is -1.47. The van der Waals surface area contributed by atoms with Crippen LogP contribution in [0.1, 0.15) is 19.3 Å². The summed E-state index contributed by atoms with van der Waals surface area (Å²) in [6.07, 6.45) is 1.02. The van der Waals surface area contributed by atoms with Gasteiger partial charge in [0.25, 0.3) is 0 Å². The van der Waals surface area contributed by atoms with E-state index in [2.05, 4.69) is 5.10 Å². The van der Waals surface area contributed by atoms with Crippen LogP contribution in [0.5, 0.6) is 0 Å². The summed E-state index contributed by atoms with van der Waals surface area (Å²) in [5, 5.41) is 13.8. The van der Waals surface area contributed by atoms with E-state index in [4.69, 9.17) is 14.6 Å². The summed E-state index contributed by atoms with van der Waals surface area (Å²) < 4.78 is 10.1. The second-order valence-electron chi connectivity index (χ2n) is 3.83. The Bertz CT molecular complexity index is 329. The Balaban J connectivity index is 2.29. The van der Waals surface area contributed by atoms with Crippen LogP contribution in [0.15, 0.2) is 5.10 Å². The van der Waals surface area contributed by atoms with E-state index < -0.39 is 5.97 Å². The molecule has 18 heavy (non-hydrogen) atoms. The Morgan fingerprint density at radius 1 is 1.39 bits per heavy atom. The molecule has 102 valence electrons. The normalized spacial score (nSPS) is 15.7. The number of hydrogen-bond donors (Lipinski definition) is 1. The third kappa shape index (κ3) is 4.80. The molecule has 7 nitrogen and oxygen atoms in total. The Morgan fingerprint density at radius 3 is 2.83 bits per heavy atom. The van der Waals surface area contributed by atoms with Crippen molar-refractivity contribution in [2.24, 2.45) is 5.10 Å². The molecule has 1 aliphatic rings. The molecule has 0 saturated heterocycles. The maximum absolute atomic E-state index is 11.5. The van der Waals surface area contributed by atoms with Crippen molar-refractivity contribution in [1.82, 2.24) is 5.01 Å². The fourth-order valence-corrected chi connectivity index (χ4v) is 1.49. The minimum absolute atomic E-state index is 0.0369. The van der Waals surface area contributed by atoms with Crippen LogP contribution in [-0.2, 0) is 19.1 Å². The minimum Gasteiger partial charge on any atom is -0.477 e. The number of carboxylic acid groups (broad SMARTS) is 1. The molecule has 0 aliphatic carbocycles. The number of hydrazone groups is 1. The number of amides is 1. The van der Waals surface area contributed by atoms with E-state index >= 15 is 0 Å². The zero-order chi connectivity index (χ0) is 13.4. The Morgan fingerprint density at radius 2 is 2.17 bits per heavy atom. The molecule has 1 amide bonds. The molecule has 0 saturated carbocycles. The standard InChI is InChI=1S/C11H18N2O5/c1-17-7-8-18-6-2-5-13-10(14)4-3-9(12-13)11(15)16/h2-8H2,1H3,(H,15,16). The number of rotatable bonds is 8. The molecule has 0 aromatic heterocycles. The van der Waals surface area contributed by atoms with Crippen LogP contribution in [0.25, 0.3) is 0 Å². The van der Waals surface area contributed by atoms with Crippen LogP contribution in [-0.4, -0.2) is 61.2 Å². The van der Waals surface area contributed by atoms with E-state index in [0.717, 1.165) is 0 Å². The van der Waals surface area contributed by atoms with Gasteiger partial charge in [0.15, 0.2) is 0 Å². The number of carbonyl (C=O) groups excluding carboxylic acids is 1. The molecule has 0 aromatic rings. The predicted octanol–water partition coefficient (Wildman–Crippen LogP) is 0.102. The van der Waals surface area contributed by atoms with E-state index in [1.807, 2.05) is 0 Å². The highest BCUT2D eigenvalue weighted by Crippen LogP contribution is 2.09. The average Bonchev–Trinajstić information content (AvgIpc) is 2.35. The summed E-state index contributed by atoms with van der Waals surface area (Å²) >= 11 is 0. The molecular weight excluding hydrogens is 240 g/mol. The molecule has 0 unspecified atom stereocenters. The lowest BCUT2D eigenvalue weighted by molar-refractivity contribution is -0.133. The third-order valence-electron chi connectivity index (χ3n) is 2.44. The van der Waals surface area contributed by atoms with Gasteiger partial charge in [0.1, 0.15) is 5.71 Å². The van der Waals surface area contributed by atoms with Gasteiger partial charge >= 0.3 is 5.97 Å². The number of methoxy groups -OCH3 is 1. The number of hydrogen-bond acceptors (Lipinski definition) is 5. The van der Waals surface area contributed by atoms with Crippen molar-refractivity contribution < 1.29 is 24.2 Å². The molecule has 1 heterocycles. The molecule has 7 heteroatoms. The number of carboxylic acids is 1. The maximum atomic E-state index is 11.5. The van der Waals surface area contributed by atoms with Crippen molar-refractivity contribution >= 4 is 17.6 Å². The van der Waals surface area contributed by atoms with Gasteiger partial charge in [-0.1, -0.05) is 0 Å². The molecule has 0 bridgehead atoms. The van der Waals surface area contributed by atoms with Crippen molar-refractivity contribution in [3.8, 4) is 0 Å². The van der Waals surface area contributed by atoms with Crippen molar-refractivity contribution in [1.29, 1.82) is 0 Å². The number of ether oxygens (including phenoxy) is 2. The average molecular weight is 258 g/mol. The fourth-order valence-electron chi connectivity index (χ4n) is 1.49. The summed E-state index contributed by atoms with van der Waals surface area (Å²) in [7, 11) is 1.60. The molecule has 0 fully saturated rings. The lowest BCUT2D eigenvalue weighted by Gasteiger charge is -2.21. The molecule has 1 aliphatic heterocycles. The van der Waals surface area contributed by atoms with Crippen LogP contribution in [0, 0.1) is 0 Å². The second kappa shape index (κ2) is 7.78. The van der Waals surface area contributed by atoms with E-state index in [-0.39, 0.29) is 24.5 Å². The van der Waals surface area contributed by atoms with E-state index in [9.17, 15) is 9.59 Å². The zero-order valence-corrected chi connectivity index (χ0v) is 10.4. The number of aliphatic carboxylic acids is 1. The second-order valence-corrected chi connectivity index (χ2v) is 3.83. The number of nitrogens with zero attached hydrogens (tertiary/aromatic N) is 2. The first-order valence-corrected chi connectivity index (χ1v) is 5.83. The summed E-state index contributed by atoms with van der Waals surface area (Å²) in [5.41, 5.74) is 0.0369. The molecule has 0 spiro atoms. The van der Waals surface area contributed by atoms with Crippen molar-refractivity contribution in [2.45, 2.75) is 19.3 Å². The molecule has 1 N–H and O–H groups in total. The van der Waals surface area contributed by atoms with Crippen LogP contribution in [0.2, 0.25) is 0 Å². The summed E-state index contributed by atoms with van der Waals surface area (Å²) in [6, 6.07) is 0. The fraction of sp³-hybridized carbons (Fsp3) is 0.727. The first kappa shape index (κ1) is 14.6. The van der Waals surface area contributed by atoms with E-state index in [1.54, 1.807) is 7.11 Å². The monoisotopic (exact) mass is 258 g/mol. The summed E-state index contributed by atoms with van der Waals surface area (Å²) in [5.74, 6) is -1.21. The van der Waals surface area contributed by atoms with E-state index in [0.29, 0.717) is 32.8 Å². The Kier molecular flexibility index (Phi) is 6.31. The molecule has 0 radical (unpaired) electrons. The first-order chi connectivity index (χ1) is 8.65. The van der Waals surface area contributed by atoms with Gasteiger partial charge in [-0.05, 0) is 6.42 Å². The smallest absolute Gasteiger partial charge is 0.352 e. The van der Waals surface area contributed by atoms with Gasteiger partial charge < -0.3 is 14.6 Å². The van der Waals surface area contributed by atoms with Crippen LogP contribution in [0.4, 0.5) is 0 Å². The highest BCUT2D eigenvalue weighted by molar-refractivity contribution is 6.36. The van der Waals surface area contributed by atoms with Gasteiger partial charge in [-0.25, -0.2) is 9.80 Å². The van der Waals surface area contributed by atoms with Gasteiger partial charge in [-0.3, -0.25) is 4.79 Å². The molecule has 0 atom stereocenters. The molecular formula is C11H18N2O5.